The van der Waals surface area contributed by atoms with Crippen LogP contribution in [0.1, 0.15) is 5.69 Å². The van der Waals surface area contributed by atoms with Gasteiger partial charge in [-0.2, -0.15) is 0 Å². The van der Waals surface area contributed by atoms with E-state index in [2.05, 4.69) is 9.97 Å². The highest BCUT2D eigenvalue weighted by atomic mass is 35.5. The summed E-state index contributed by atoms with van der Waals surface area (Å²) in [4.78, 5) is 7.88. The van der Waals surface area contributed by atoms with Gasteiger partial charge in [0, 0.05) is 5.02 Å². The number of amidine groups is 1. The van der Waals surface area contributed by atoms with Gasteiger partial charge < -0.3 is 10.5 Å². The lowest BCUT2D eigenvalue weighted by Gasteiger charge is -2.06. The number of benzene rings is 1. The predicted molar refractivity (Wildman–Crippen MR) is 69.6 cm³/mol. The highest BCUT2D eigenvalue weighted by Gasteiger charge is 2.06. The number of nitrogen functional groups attached to an aromatic ring is 1. The van der Waals surface area contributed by atoms with Crippen LogP contribution in [-0.2, 0) is 0 Å². The summed E-state index contributed by atoms with van der Waals surface area (Å²) in [7, 11) is 0. The number of rotatable bonds is 3. The van der Waals surface area contributed by atoms with Crippen LogP contribution in [-0.4, -0.2) is 15.8 Å². The quantitative estimate of drug-likeness (QED) is 0.670. The second-order valence-corrected chi connectivity index (χ2v) is 4.17. The average molecular weight is 283 g/mol. The Labute approximate surface area is 113 Å². The minimum Gasteiger partial charge on any atom is -0.436 e. The second kappa shape index (κ2) is 5.20. The van der Waals surface area contributed by atoms with E-state index in [1.54, 1.807) is 18.2 Å². The highest BCUT2D eigenvalue weighted by molar-refractivity contribution is 6.35. The molecule has 0 bridgehead atoms. The fourth-order valence-corrected chi connectivity index (χ4v) is 1.63. The van der Waals surface area contributed by atoms with Crippen LogP contribution in [0.2, 0.25) is 10.0 Å². The van der Waals surface area contributed by atoms with Gasteiger partial charge in [-0.3, -0.25) is 5.41 Å². The van der Waals surface area contributed by atoms with E-state index in [4.69, 9.17) is 39.1 Å². The number of aromatic nitrogens is 2. The first kappa shape index (κ1) is 12.6. The number of hydrogen-bond donors (Lipinski definition) is 2. The molecule has 0 fully saturated rings. The molecular weight excluding hydrogens is 275 g/mol. The van der Waals surface area contributed by atoms with Crippen LogP contribution in [0.4, 0.5) is 0 Å². The van der Waals surface area contributed by atoms with E-state index in [9.17, 15) is 0 Å². The first-order valence-corrected chi connectivity index (χ1v) is 5.61. The number of nitrogens with one attached hydrogen (secondary N) is 1. The van der Waals surface area contributed by atoms with Crippen molar-refractivity contribution in [3.8, 4) is 11.6 Å². The molecular formula is C11H8Cl2N4O. The molecule has 0 amide bonds. The second-order valence-electron chi connectivity index (χ2n) is 3.33. The lowest BCUT2D eigenvalue weighted by molar-refractivity contribution is 0.460. The molecule has 0 atom stereocenters. The monoisotopic (exact) mass is 282 g/mol. The Hall–Kier alpha value is -1.85. The average Bonchev–Trinajstić information content (AvgIpc) is 2.33. The molecule has 0 aliphatic rings. The molecule has 0 unspecified atom stereocenters. The van der Waals surface area contributed by atoms with Crippen molar-refractivity contribution in [3.63, 3.8) is 0 Å². The van der Waals surface area contributed by atoms with Crippen LogP contribution in [0, 0.1) is 5.41 Å². The van der Waals surface area contributed by atoms with Crippen molar-refractivity contribution in [1.82, 2.24) is 9.97 Å². The molecule has 92 valence electrons. The zero-order valence-electron chi connectivity index (χ0n) is 9.02. The van der Waals surface area contributed by atoms with Crippen LogP contribution < -0.4 is 10.5 Å². The normalized spacial score (nSPS) is 10.1. The Bertz CT molecular complexity index is 586. The zero-order chi connectivity index (χ0) is 13.1. The minimum absolute atomic E-state index is 0.154. The third-order valence-electron chi connectivity index (χ3n) is 2.01. The summed E-state index contributed by atoms with van der Waals surface area (Å²) in [5, 5.41) is 8.08. The molecule has 3 N–H and O–H groups in total. The lowest BCUT2D eigenvalue weighted by Crippen LogP contribution is -2.13. The summed E-state index contributed by atoms with van der Waals surface area (Å²) < 4.78 is 5.42. The summed E-state index contributed by atoms with van der Waals surface area (Å²) in [5.74, 6) is 0.522. The maximum absolute atomic E-state index is 7.18. The van der Waals surface area contributed by atoms with E-state index in [0.29, 0.717) is 15.8 Å². The van der Waals surface area contributed by atoms with Gasteiger partial charge in [-0.15, -0.1) is 0 Å². The van der Waals surface area contributed by atoms with Crippen LogP contribution in [0.5, 0.6) is 11.6 Å². The molecule has 0 aliphatic carbocycles. The van der Waals surface area contributed by atoms with Gasteiger partial charge in [0.2, 0.25) is 5.88 Å². The van der Waals surface area contributed by atoms with E-state index < -0.39 is 0 Å². The van der Waals surface area contributed by atoms with E-state index >= 15 is 0 Å². The lowest BCUT2D eigenvalue weighted by atomic mass is 10.3. The van der Waals surface area contributed by atoms with Crippen LogP contribution in [0.3, 0.4) is 0 Å². The molecule has 0 spiro atoms. The Morgan fingerprint density at radius 2 is 2.00 bits per heavy atom. The summed E-state index contributed by atoms with van der Waals surface area (Å²) in [6.07, 6.45) is 2.71. The number of hydrogen-bond acceptors (Lipinski definition) is 4. The molecule has 0 aliphatic heterocycles. The van der Waals surface area contributed by atoms with Crippen molar-refractivity contribution >= 4 is 29.0 Å². The molecule has 2 rings (SSSR count). The highest BCUT2D eigenvalue weighted by Crippen LogP contribution is 2.30. The first-order valence-electron chi connectivity index (χ1n) is 4.85. The maximum Gasteiger partial charge on any atom is 0.237 e. The zero-order valence-corrected chi connectivity index (χ0v) is 10.5. The number of nitrogens with zero attached hydrogens (tertiary/aromatic N) is 2. The van der Waals surface area contributed by atoms with E-state index in [1.807, 2.05) is 0 Å². The van der Waals surface area contributed by atoms with Crippen LogP contribution >= 0.6 is 23.2 Å². The molecule has 0 saturated carbocycles. The fraction of sp³-hybridized carbons (Fsp3) is 0. The molecule has 2 aromatic rings. The van der Waals surface area contributed by atoms with Gasteiger partial charge in [0.05, 0.1) is 17.4 Å². The van der Waals surface area contributed by atoms with Crippen molar-refractivity contribution in [2.75, 3.05) is 0 Å². The Kier molecular flexibility index (Phi) is 3.64. The molecule has 18 heavy (non-hydrogen) atoms. The van der Waals surface area contributed by atoms with Gasteiger partial charge >= 0.3 is 0 Å². The molecule has 1 aromatic heterocycles. The Morgan fingerprint density at radius 3 is 2.56 bits per heavy atom. The first-order chi connectivity index (χ1) is 8.56. The van der Waals surface area contributed by atoms with Crippen molar-refractivity contribution in [2.24, 2.45) is 5.73 Å². The van der Waals surface area contributed by atoms with E-state index in [1.165, 1.54) is 12.4 Å². The van der Waals surface area contributed by atoms with Gasteiger partial charge in [0.15, 0.2) is 0 Å². The maximum atomic E-state index is 7.18. The molecule has 1 aromatic carbocycles. The molecule has 0 radical (unpaired) electrons. The van der Waals surface area contributed by atoms with Crippen LogP contribution in [0.25, 0.3) is 0 Å². The summed E-state index contributed by atoms with van der Waals surface area (Å²) in [6, 6.07) is 4.85. The van der Waals surface area contributed by atoms with E-state index in [0.717, 1.165) is 0 Å². The van der Waals surface area contributed by atoms with Gasteiger partial charge in [-0.1, -0.05) is 23.2 Å². The largest absolute Gasteiger partial charge is 0.436 e. The molecule has 5 nitrogen and oxygen atoms in total. The summed E-state index contributed by atoms with van der Waals surface area (Å²) in [5.41, 5.74) is 5.54. The molecule has 0 saturated heterocycles. The SMILES string of the molecule is N=C(N)c1cnc(Oc2ccc(Cl)cc2Cl)cn1. The van der Waals surface area contributed by atoms with Gasteiger partial charge in [-0.05, 0) is 18.2 Å². The number of halogens is 2. The van der Waals surface area contributed by atoms with E-state index in [-0.39, 0.29) is 17.4 Å². The number of nitrogens with two attached hydrogens (primary N) is 1. The Morgan fingerprint density at radius 1 is 1.22 bits per heavy atom. The third kappa shape index (κ3) is 2.88. The van der Waals surface area contributed by atoms with Crippen molar-refractivity contribution in [3.05, 3.63) is 46.3 Å². The van der Waals surface area contributed by atoms with Gasteiger partial charge in [0.1, 0.15) is 17.3 Å². The summed E-state index contributed by atoms with van der Waals surface area (Å²) in [6.45, 7) is 0. The smallest absolute Gasteiger partial charge is 0.237 e. The molecule has 1 heterocycles. The van der Waals surface area contributed by atoms with Gasteiger partial charge in [-0.25, -0.2) is 9.97 Å². The standard InChI is InChI=1S/C11H8Cl2N4O/c12-6-1-2-9(7(13)3-6)18-10-5-16-8(4-17-10)11(14)15/h1-5H,(H3,14,15). The topological polar surface area (TPSA) is 84.9 Å². The van der Waals surface area contributed by atoms with Crippen LogP contribution in [0.15, 0.2) is 30.6 Å². The number of ether oxygens (including phenoxy) is 1. The molecule has 7 heteroatoms. The van der Waals surface area contributed by atoms with Crippen molar-refractivity contribution in [1.29, 1.82) is 5.41 Å². The van der Waals surface area contributed by atoms with Gasteiger partial charge in [0.25, 0.3) is 0 Å². The Balaban J connectivity index is 2.21. The summed E-state index contributed by atoms with van der Waals surface area (Å²) >= 11 is 11.7. The van der Waals surface area contributed by atoms with Crippen molar-refractivity contribution < 1.29 is 4.74 Å². The van der Waals surface area contributed by atoms with Crippen molar-refractivity contribution in [2.45, 2.75) is 0 Å². The minimum atomic E-state index is -0.154. The fourth-order valence-electron chi connectivity index (χ4n) is 1.18. The third-order valence-corrected chi connectivity index (χ3v) is 2.54. The predicted octanol–water partition coefficient (Wildman–Crippen LogP) is 2.86.